The van der Waals surface area contributed by atoms with Gasteiger partial charge in [0.15, 0.2) is 0 Å². The van der Waals surface area contributed by atoms with Gasteiger partial charge in [0.05, 0.1) is 12.2 Å². The van der Waals surface area contributed by atoms with E-state index >= 15 is 0 Å². The van der Waals surface area contributed by atoms with Crippen LogP contribution in [0.25, 0.3) is 11.3 Å². The van der Waals surface area contributed by atoms with Gasteiger partial charge in [-0.15, -0.1) is 0 Å². The highest BCUT2D eigenvalue weighted by Gasteiger charge is 2.34. The lowest BCUT2D eigenvalue weighted by Crippen LogP contribution is -2.45. The smallest absolute Gasteiger partial charge is 0.338 e. The predicted molar refractivity (Wildman–Crippen MR) is 92.6 cm³/mol. The number of allylic oxidation sites excluding steroid dienone is 1. The van der Waals surface area contributed by atoms with Crippen molar-refractivity contribution in [3.05, 3.63) is 59.0 Å². The number of amides is 2. The number of hydrogen-bond acceptors (Lipinski definition) is 4. The Morgan fingerprint density at radius 1 is 1.16 bits per heavy atom. The van der Waals surface area contributed by atoms with E-state index in [9.17, 15) is 9.59 Å². The number of urea groups is 1. The van der Waals surface area contributed by atoms with E-state index in [2.05, 4.69) is 10.6 Å². The lowest BCUT2D eigenvalue weighted by molar-refractivity contribution is -0.139. The van der Waals surface area contributed by atoms with E-state index < -0.39 is 12.0 Å². The van der Waals surface area contributed by atoms with Crippen molar-refractivity contribution >= 4 is 12.0 Å². The Kier molecular flexibility index (Phi) is 4.61. The van der Waals surface area contributed by atoms with Crippen LogP contribution in [0, 0.1) is 6.92 Å². The molecule has 2 amide bonds. The van der Waals surface area contributed by atoms with Gasteiger partial charge in [0.1, 0.15) is 17.6 Å². The Bertz CT molecular complexity index is 833. The molecule has 2 heterocycles. The van der Waals surface area contributed by atoms with E-state index in [0.717, 1.165) is 11.1 Å². The van der Waals surface area contributed by atoms with Crippen molar-refractivity contribution in [1.29, 1.82) is 0 Å². The highest BCUT2D eigenvalue weighted by molar-refractivity contribution is 5.94. The zero-order valence-corrected chi connectivity index (χ0v) is 14.4. The van der Waals surface area contributed by atoms with E-state index in [-0.39, 0.29) is 12.6 Å². The fourth-order valence-corrected chi connectivity index (χ4v) is 2.77. The molecule has 1 unspecified atom stereocenters. The topological polar surface area (TPSA) is 80.6 Å². The number of rotatable bonds is 4. The van der Waals surface area contributed by atoms with Gasteiger partial charge < -0.3 is 19.8 Å². The van der Waals surface area contributed by atoms with Gasteiger partial charge in [0.2, 0.25) is 0 Å². The van der Waals surface area contributed by atoms with Gasteiger partial charge in [-0.1, -0.05) is 29.8 Å². The Morgan fingerprint density at radius 3 is 2.56 bits per heavy atom. The van der Waals surface area contributed by atoms with Gasteiger partial charge >= 0.3 is 12.0 Å². The molecule has 1 aliphatic heterocycles. The van der Waals surface area contributed by atoms with Crippen LogP contribution in [0.5, 0.6) is 0 Å². The third kappa shape index (κ3) is 3.42. The normalized spacial score (nSPS) is 17.1. The number of esters is 1. The van der Waals surface area contributed by atoms with Gasteiger partial charge in [0.25, 0.3) is 0 Å². The molecule has 0 fully saturated rings. The molecule has 1 aliphatic rings. The maximum Gasteiger partial charge on any atom is 0.338 e. The third-order valence-electron chi connectivity index (χ3n) is 4.01. The first-order valence-electron chi connectivity index (χ1n) is 8.11. The maximum atomic E-state index is 12.3. The number of furan rings is 1. The van der Waals surface area contributed by atoms with Crippen LogP contribution < -0.4 is 10.6 Å². The van der Waals surface area contributed by atoms with Crippen molar-refractivity contribution in [1.82, 2.24) is 10.6 Å². The average molecular weight is 340 g/mol. The molecule has 3 rings (SSSR count). The SMILES string of the molecule is CCOC(=O)C1=C(C)NC(=O)NC1c1ccc(-c2ccc(C)cc2)o1. The third-order valence-corrected chi connectivity index (χ3v) is 4.01. The van der Waals surface area contributed by atoms with Gasteiger partial charge in [0, 0.05) is 11.3 Å². The molecular weight excluding hydrogens is 320 g/mol. The van der Waals surface area contributed by atoms with Crippen molar-refractivity contribution in [2.24, 2.45) is 0 Å². The van der Waals surface area contributed by atoms with Crippen LogP contribution in [0.1, 0.15) is 31.2 Å². The molecule has 0 spiro atoms. The van der Waals surface area contributed by atoms with E-state index in [1.807, 2.05) is 37.3 Å². The minimum Gasteiger partial charge on any atom is -0.463 e. The average Bonchev–Trinajstić information content (AvgIpc) is 3.04. The Hall–Kier alpha value is -3.02. The Balaban J connectivity index is 1.96. The Labute approximate surface area is 145 Å². The molecule has 0 saturated heterocycles. The molecular formula is C19H20N2O4. The minimum absolute atomic E-state index is 0.253. The first-order chi connectivity index (χ1) is 12.0. The zero-order chi connectivity index (χ0) is 18.0. The van der Waals surface area contributed by atoms with E-state index in [1.54, 1.807) is 19.9 Å². The van der Waals surface area contributed by atoms with Crippen molar-refractivity contribution in [2.75, 3.05) is 6.61 Å². The lowest BCUT2D eigenvalue weighted by atomic mass is 10.0. The van der Waals surface area contributed by atoms with Crippen molar-refractivity contribution < 1.29 is 18.7 Å². The number of benzene rings is 1. The summed E-state index contributed by atoms with van der Waals surface area (Å²) < 4.78 is 11.0. The molecule has 1 aromatic carbocycles. The van der Waals surface area contributed by atoms with Crippen LogP contribution in [0.2, 0.25) is 0 Å². The maximum absolute atomic E-state index is 12.3. The summed E-state index contributed by atoms with van der Waals surface area (Å²) in [6.07, 6.45) is 0. The molecule has 0 aliphatic carbocycles. The fraction of sp³-hybridized carbons (Fsp3) is 0.263. The van der Waals surface area contributed by atoms with Crippen LogP contribution in [0.3, 0.4) is 0 Å². The molecule has 0 saturated carbocycles. The molecule has 130 valence electrons. The summed E-state index contributed by atoms with van der Waals surface area (Å²) >= 11 is 0. The summed E-state index contributed by atoms with van der Waals surface area (Å²) in [5.41, 5.74) is 2.88. The summed E-state index contributed by atoms with van der Waals surface area (Å²) in [5, 5.41) is 5.32. The van der Waals surface area contributed by atoms with Crippen LogP contribution >= 0.6 is 0 Å². The predicted octanol–water partition coefficient (Wildman–Crippen LogP) is 3.45. The molecule has 6 nitrogen and oxygen atoms in total. The summed E-state index contributed by atoms with van der Waals surface area (Å²) in [5.74, 6) is 0.669. The molecule has 0 radical (unpaired) electrons. The fourth-order valence-electron chi connectivity index (χ4n) is 2.77. The van der Waals surface area contributed by atoms with Crippen molar-refractivity contribution in [2.45, 2.75) is 26.8 Å². The number of carbonyl (C=O) groups is 2. The van der Waals surface area contributed by atoms with Crippen LogP contribution in [0.4, 0.5) is 4.79 Å². The molecule has 1 atom stereocenters. The van der Waals surface area contributed by atoms with E-state index in [4.69, 9.17) is 9.15 Å². The minimum atomic E-state index is -0.688. The lowest BCUT2D eigenvalue weighted by Gasteiger charge is -2.26. The van der Waals surface area contributed by atoms with Crippen LogP contribution in [-0.4, -0.2) is 18.6 Å². The van der Waals surface area contributed by atoms with Crippen LogP contribution in [-0.2, 0) is 9.53 Å². The standard InChI is InChI=1S/C19H20N2O4/c1-4-24-18(22)16-12(3)20-19(23)21-17(16)15-10-9-14(25-15)13-7-5-11(2)6-8-13/h5-10,17H,4H2,1-3H3,(H2,20,21,23). The number of hydrogen-bond donors (Lipinski definition) is 2. The van der Waals surface area contributed by atoms with Crippen molar-refractivity contribution in [3.63, 3.8) is 0 Å². The Morgan fingerprint density at radius 2 is 1.88 bits per heavy atom. The van der Waals surface area contributed by atoms with Gasteiger partial charge in [-0.3, -0.25) is 0 Å². The highest BCUT2D eigenvalue weighted by Crippen LogP contribution is 2.32. The summed E-state index contributed by atoms with van der Waals surface area (Å²) in [6, 6.07) is 10.4. The summed E-state index contributed by atoms with van der Waals surface area (Å²) in [7, 11) is 0. The van der Waals surface area contributed by atoms with Crippen LogP contribution in [0.15, 0.2) is 52.1 Å². The zero-order valence-electron chi connectivity index (χ0n) is 14.4. The second kappa shape index (κ2) is 6.84. The molecule has 6 heteroatoms. The van der Waals surface area contributed by atoms with Gasteiger partial charge in [-0.25, -0.2) is 9.59 Å². The molecule has 25 heavy (non-hydrogen) atoms. The van der Waals surface area contributed by atoms with Gasteiger partial charge in [-0.05, 0) is 32.9 Å². The second-order valence-corrected chi connectivity index (χ2v) is 5.86. The van der Waals surface area contributed by atoms with E-state index in [0.29, 0.717) is 22.8 Å². The first kappa shape index (κ1) is 16.8. The summed E-state index contributed by atoms with van der Waals surface area (Å²) in [4.78, 5) is 24.1. The highest BCUT2D eigenvalue weighted by atomic mass is 16.5. The summed E-state index contributed by atoms with van der Waals surface area (Å²) in [6.45, 7) is 5.67. The number of ether oxygens (including phenoxy) is 1. The first-order valence-corrected chi connectivity index (χ1v) is 8.11. The van der Waals surface area contributed by atoms with Crippen molar-refractivity contribution in [3.8, 4) is 11.3 Å². The van der Waals surface area contributed by atoms with Gasteiger partial charge in [-0.2, -0.15) is 0 Å². The monoisotopic (exact) mass is 340 g/mol. The van der Waals surface area contributed by atoms with E-state index in [1.165, 1.54) is 0 Å². The molecule has 0 bridgehead atoms. The molecule has 2 N–H and O–H groups in total. The largest absolute Gasteiger partial charge is 0.463 e. The quantitative estimate of drug-likeness (QED) is 0.836. The number of nitrogens with one attached hydrogen (secondary N) is 2. The molecule has 2 aromatic rings. The molecule has 1 aromatic heterocycles. The second-order valence-electron chi connectivity index (χ2n) is 5.86. The number of aryl methyl sites for hydroxylation is 1. The number of carbonyl (C=O) groups excluding carboxylic acids is 2.